The van der Waals surface area contributed by atoms with Crippen molar-refractivity contribution in [3.8, 4) is 0 Å². The maximum Gasteiger partial charge on any atom is 0.108 e. The molecule has 0 spiro atoms. The molecule has 0 aliphatic rings. The predicted octanol–water partition coefficient (Wildman–Crippen LogP) is -4.09. The Morgan fingerprint density at radius 1 is 0.187 bits per heavy atom. The van der Waals surface area contributed by atoms with Gasteiger partial charge in [-0.2, -0.15) is 41.8 Å². The summed E-state index contributed by atoms with van der Waals surface area (Å²) in [5.41, 5.74) is 0. The molecule has 30 heteroatoms. The van der Waals surface area contributed by atoms with Crippen LogP contribution < -0.4 is 45.2 Å². The monoisotopic (exact) mass is 1110 g/mol. The number of nitrogens with zero attached hydrogens (tertiary/aromatic N) is 9. The summed E-state index contributed by atoms with van der Waals surface area (Å²) >= 11 is 0. The lowest BCUT2D eigenvalue weighted by Gasteiger charge is -2.35. The molecule has 0 saturated heterocycles. The van der Waals surface area contributed by atoms with E-state index in [4.69, 9.17) is 92.1 Å². The summed E-state index contributed by atoms with van der Waals surface area (Å²) in [7, 11) is 23.1. The minimum atomic E-state index is -2.92. The first-order valence-corrected chi connectivity index (χ1v) is 25.7. The smallest absolute Gasteiger partial charge is 0.108 e. The van der Waals surface area contributed by atoms with Gasteiger partial charge in [-0.15, -0.1) is 0 Å². The van der Waals surface area contributed by atoms with E-state index in [-0.39, 0.29) is 41.8 Å². The summed E-state index contributed by atoms with van der Waals surface area (Å²) in [6.45, 7) is 26.0. The lowest BCUT2D eigenvalue weighted by atomic mass is 10.3. The molecular weight excluding hydrogens is 987 g/mol. The Morgan fingerprint density at radius 2 is 0.227 bits per heavy atom. The zero-order chi connectivity index (χ0) is 64.0. The highest BCUT2D eigenvalue weighted by atomic mass is 16.6. The molecule has 0 heterocycles. The minimum absolute atomic E-state index is 0.0938. The standard InChI is InChI=1S/9C5H14NO.3BO3/c9*1-4-5-6(2,3)7;3*2-1(3)4/h9*7H,4-5H2,1-3H3;;;/q9*+1;3*-3. The van der Waals surface area contributed by atoms with Gasteiger partial charge < -0.3 is 45.2 Å². The average Bonchev–Trinajstić information content (AvgIpc) is 3.05. The van der Waals surface area contributed by atoms with Gasteiger partial charge in [0.05, 0.1) is 127 Å². The fourth-order valence-corrected chi connectivity index (χ4v) is 4.92. The molecule has 0 bridgehead atoms. The van der Waals surface area contributed by atoms with E-state index in [0.717, 1.165) is 117 Å². The summed E-state index contributed by atoms with van der Waals surface area (Å²) in [6, 6.07) is 0. The molecule has 0 fully saturated rings. The molecular formula is C45H126B3N9O18. The summed E-state index contributed by atoms with van der Waals surface area (Å²) in [6.07, 6.45) is 9.28. The fourth-order valence-electron chi connectivity index (χ4n) is 4.92. The van der Waals surface area contributed by atoms with Gasteiger partial charge in [0.2, 0.25) is 0 Å². The maximum atomic E-state index is 8.96. The van der Waals surface area contributed by atoms with Crippen LogP contribution in [0.1, 0.15) is 120 Å². The van der Waals surface area contributed by atoms with Crippen molar-refractivity contribution in [3.05, 3.63) is 0 Å². The molecule has 9 N–H and O–H groups in total. The summed E-state index contributed by atoms with van der Waals surface area (Å²) in [5, 5.41) is 156. The Kier molecular flexibility index (Phi) is 81.1. The first-order valence-electron chi connectivity index (χ1n) is 25.7. The van der Waals surface area contributed by atoms with Crippen LogP contribution in [-0.4, -0.2) is 296 Å². The number of quaternary nitrogens is 9. The molecule has 0 amide bonds. The van der Waals surface area contributed by atoms with Gasteiger partial charge in [0.15, 0.2) is 0 Å². The average molecular weight is 1110 g/mol. The van der Waals surface area contributed by atoms with Crippen LogP contribution in [0.25, 0.3) is 0 Å². The Bertz CT molecular complexity index is 796. The Hall–Kier alpha value is -0.885. The molecule has 0 rings (SSSR count). The van der Waals surface area contributed by atoms with E-state index >= 15 is 0 Å². The van der Waals surface area contributed by atoms with Crippen molar-refractivity contribution in [3.63, 3.8) is 0 Å². The largest absolute Gasteiger partial charge is 0.907 e. The van der Waals surface area contributed by atoms with Crippen molar-refractivity contribution in [1.29, 1.82) is 0 Å². The van der Waals surface area contributed by atoms with Crippen molar-refractivity contribution in [2.24, 2.45) is 0 Å². The van der Waals surface area contributed by atoms with Gasteiger partial charge in [0, 0.05) is 0 Å². The molecule has 0 aromatic rings. The second kappa shape index (κ2) is 59.2. The second-order valence-corrected chi connectivity index (χ2v) is 22.0. The van der Waals surface area contributed by atoms with Gasteiger partial charge in [0.1, 0.15) is 58.9 Å². The van der Waals surface area contributed by atoms with Crippen LogP contribution in [0, 0.1) is 0 Å². The summed E-state index contributed by atoms with van der Waals surface area (Å²) in [5.74, 6) is 0. The van der Waals surface area contributed by atoms with Crippen LogP contribution in [0.15, 0.2) is 0 Å². The second-order valence-electron chi connectivity index (χ2n) is 22.0. The van der Waals surface area contributed by atoms with Crippen LogP contribution in [0.2, 0.25) is 0 Å². The maximum absolute atomic E-state index is 8.96. The van der Waals surface area contributed by atoms with E-state index < -0.39 is 22.0 Å². The third-order valence-corrected chi connectivity index (χ3v) is 6.94. The first-order chi connectivity index (χ1) is 32.7. The normalized spacial score (nSPS) is 11.2. The van der Waals surface area contributed by atoms with Gasteiger partial charge in [0.25, 0.3) is 0 Å². The Labute approximate surface area is 460 Å². The topological polar surface area (TPSA) is 390 Å². The zero-order valence-electron chi connectivity index (χ0n) is 53.2. The van der Waals surface area contributed by atoms with Gasteiger partial charge in [-0.1, -0.05) is 62.3 Å². The first kappa shape index (κ1) is 103. The van der Waals surface area contributed by atoms with Crippen molar-refractivity contribution in [2.45, 2.75) is 120 Å². The van der Waals surface area contributed by atoms with Gasteiger partial charge in [-0.05, 0) is 57.8 Å². The van der Waals surface area contributed by atoms with Crippen LogP contribution in [0.3, 0.4) is 0 Å². The Morgan fingerprint density at radius 3 is 0.227 bits per heavy atom. The van der Waals surface area contributed by atoms with Gasteiger partial charge in [-0.3, -0.25) is 22.0 Å². The molecule has 0 aliphatic heterocycles. The van der Waals surface area contributed by atoms with Crippen LogP contribution >= 0.6 is 0 Å². The third-order valence-electron chi connectivity index (χ3n) is 6.94. The van der Waals surface area contributed by atoms with Gasteiger partial charge in [-0.25, -0.2) is 46.9 Å². The number of hydrogen-bond acceptors (Lipinski definition) is 18. The molecule has 468 valence electrons. The van der Waals surface area contributed by atoms with E-state index in [1.807, 2.05) is 0 Å². The lowest BCUT2D eigenvalue weighted by Crippen LogP contribution is -2.56. The molecule has 0 unspecified atom stereocenters. The van der Waals surface area contributed by atoms with Crippen LogP contribution in [0.4, 0.5) is 0 Å². The Balaban J connectivity index is -0.0000000580. The predicted molar refractivity (Wildman–Crippen MR) is 279 cm³/mol. The van der Waals surface area contributed by atoms with E-state index in [2.05, 4.69) is 62.3 Å². The molecule has 0 aromatic carbocycles. The SMILES string of the molecule is CCC[N+](C)(C)O.CCC[N+](C)(C)O.CCC[N+](C)(C)O.CCC[N+](C)(C)O.CCC[N+](C)(C)O.CCC[N+](C)(C)O.CCC[N+](C)(C)O.CCC[N+](C)(C)O.CCC[N+](C)(C)O.[O-]B([O-])[O-].[O-]B([O-])[O-].[O-]B([O-])[O-]. The van der Waals surface area contributed by atoms with E-state index in [9.17, 15) is 0 Å². The summed E-state index contributed by atoms with van der Waals surface area (Å²) in [4.78, 5) is 0. The third kappa shape index (κ3) is 300. The van der Waals surface area contributed by atoms with Crippen molar-refractivity contribution in [2.75, 3.05) is 186 Å². The highest BCUT2D eigenvalue weighted by Crippen LogP contribution is 1.94. The minimum Gasteiger partial charge on any atom is -0.907 e. The number of hydrogen-bond donors (Lipinski definition) is 9. The molecule has 0 radical (unpaired) electrons. The van der Waals surface area contributed by atoms with Crippen molar-refractivity contribution in [1.82, 2.24) is 0 Å². The van der Waals surface area contributed by atoms with Crippen molar-refractivity contribution >= 4 is 22.0 Å². The fraction of sp³-hybridized carbons (Fsp3) is 1.00. The van der Waals surface area contributed by atoms with E-state index in [1.54, 1.807) is 127 Å². The molecule has 0 aromatic heterocycles. The van der Waals surface area contributed by atoms with Crippen molar-refractivity contribution < 1.29 is 134 Å². The zero-order valence-corrected chi connectivity index (χ0v) is 53.2. The molecule has 27 nitrogen and oxygen atoms in total. The summed E-state index contributed by atoms with van der Waals surface area (Å²) < 4.78 is 0.844. The van der Waals surface area contributed by atoms with Crippen LogP contribution in [0.5, 0.6) is 0 Å². The quantitative estimate of drug-likeness (QED) is 0.0358. The molecule has 0 atom stereocenters. The highest BCUT2D eigenvalue weighted by Gasteiger charge is 2.10. The molecule has 0 aliphatic carbocycles. The molecule has 75 heavy (non-hydrogen) atoms. The van der Waals surface area contributed by atoms with E-state index in [1.165, 1.54) is 0 Å². The lowest BCUT2D eigenvalue weighted by molar-refractivity contribution is -1.07. The highest BCUT2D eigenvalue weighted by molar-refractivity contribution is 6.24. The number of rotatable bonds is 18. The molecule has 0 saturated carbocycles. The van der Waals surface area contributed by atoms with Crippen LogP contribution in [-0.2, 0) is 0 Å². The van der Waals surface area contributed by atoms with Gasteiger partial charge >= 0.3 is 0 Å². The number of hydroxylamine groups is 27. The van der Waals surface area contributed by atoms with E-state index in [0.29, 0.717) is 0 Å².